The number of Topliss-reactive ketones (excluding diaryl/α,β-unsaturated/α-hetero) is 3. The monoisotopic (exact) mass is 390 g/mol. The first-order valence-electron chi connectivity index (χ1n) is 9.14. The highest BCUT2D eigenvalue weighted by Gasteiger charge is 2.56. The summed E-state index contributed by atoms with van der Waals surface area (Å²) in [5, 5.41) is 40.3. The fraction of sp³-hybridized carbons (Fsp3) is 0.476. The van der Waals surface area contributed by atoms with Crippen LogP contribution in [0.1, 0.15) is 60.7 Å². The van der Waals surface area contributed by atoms with Crippen LogP contribution in [-0.2, 0) is 4.79 Å². The van der Waals surface area contributed by atoms with Crippen LogP contribution in [0.15, 0.2) is 23.8 Å². The number of rotatable bonds is 7. The molecule has 0 saturated heterocycles. The summed E-state index contributed by atoms with van der Waals surface area (Å²) in [6.45, 7) is 4.90. The molecule has 0 saturated carbocycles. The molecule has 1 aliphatic rings. The largest absolute Gasteiger partial charge is 0.507 e. The van der Waals surface area contributed by atoms with E-state index in [2.05, 4.69) is 0 Å². The second-order valence-electron chi connectivity index (χ2n) is 7.70. The first kappa shape index (κ1) is 21.8. The van der Waals surface area contributed by atoms with Crippen molar-refractivity contribution < 1.29 is 34.8 Å². The molecule has 7 nitrogen and oxygen atoms in total. The summed E-state index contributed by atoms with van der Waals surface area (Å²) in [6.07, 6.45) is -0.687. The molecule has 152 valence electrons. The number of ketones is 3. The Labute approximate surface area is 163 Å². The highest BCUT2D eigenvalue weighted by atomic mass is 16.3. The first-order chi connectivity index (χ1) is 13.1. The maximum absolute atomic E-state index is 13.4. The van der Waals surface area contributed by atoms with Gasteiger partial charge < -0.3 is 20.4 Å². The average molecular weight is 390 g/mol. The van der Waals surface area contributed by atoms with Crippen LogP contribution < -0.4 is 0 Å². The summed E-state index contributed by atoms with van der Waals surface area (Å²) in [4.78, 5) is 39.3. The zero-order valence-electron chi connectivity index (χ0n) is 16.2. The maximum Gasteiger partial charge on any atom is 0.184 e. The molecule has 0 aliphatic heterocycles. The standard InChI is InChI=1S/C21H26O7/c1-11(2)4-7-16(26)21(17(27)8-12(3)10-22)9-15(25)18-13(23)5-6-14(24)19(18)20(21)28/h4-6,12,16,22-24,26H,7-10H2,1-3H3/t12?,16-,21?/m1/s1. The van der Waals surface area contributed by atoms with Gasteiger partial charge in [0.1, 0.15) is 22.7 Å². The van der Waals surface area contributed by atoms with Crippen LogP contribution in [-0.4, -0.2) is 50.5 Å². The SMILES string of the molecule is CC(C)=CC[C@@H](O)C1(C(=O)CC(C)CO)CC(=O)c2c(O)ccc(O)c2C1=O. The van der Waals surface area contributed by atoms with Gasteiger partial charge in [-0.15, -0.1) is 0 Å². The van der Waals surface area contributed by atoms with E-state index in [1.54, 1.807) is 26.8 Å². The minimum absolute atomic E-state index is 0.0322. The molecule has 4 N–H and O–H groups in total. The van der Waals surface area contributed by atoms with Crippen molar-refractivity contribution in [3.8, 4) is 11.5 Å². The van der Waals surface area contributed by atoms with Crippen LogP contribution in [0.2, 0.25) is 0 Å². The Balaban J connectivity index is 2.66. The molecule has 3 atom stereocenters. The van der Waals surface area contributed by atoms with E-state index in [9.17, 15) is 34.8 Å². The van der Waals surface area contributed by atoms with Gasteiger partial charge in [0.2, 0.25) is 0 Å². The number of aliphatic hydroxyl groups is 2. The Bertz CT molecular complexity index is 835. The van der Waals surface area contributed by atoms with Crippen LogP contribution in [0.4, 0.5) is 0 Å². The summed E-state index contributed by atoms with van der Waals surface area (Å²) in [5.74, 6) is -3.73. The highest BCUT2D eigenvalue weighted by molar-refractivity contribution is 6.26. The maximum atomic E-state index is 13.4. The Morgan fingerprint density at radius 3 is 2.29 bits per heavy atom. The molecule has 2 unspecified atom stereocenters. The van der Waals surface area contributed by atoms with Gasteiger partial charge in [-0.25, -0.2) is 0 Å². The van der Waals surface area contributed by atoms with Gasteiger partial charge in [0.25, 0.3) is 0 Å². The van der Waals surface area contributed by atoms with Gasteiger partial charge in [0, 0.05) is 19.4 Å². The number of allylic oxidation sites excluding steroid dienone is 1. The number of phenols is 2. The molecule has 2 rings (SSSR count). The third-order valence-electron chi connectivity index (χ3n) is 5.17. The number of carbonyl (C=O) groups is 3. The Morgan fingerprint density at radius 1 is 1.18 bits per heavy atom. The number of aromatic hydroxyl groups is 2. The Morgan fingerprint density at radius 2 is 1.75 bits per heavy atom. The molecule has 0 aromatic heterocycles. The van der Waals surface area contributed by atoms with Crippen molar-refractivity contribution in [3.63, 3.8) is 0 Å². The lowest BCUT2D eigenvalue weighted by Gasteiger charge is -2.38. The van der Waals surface area contributed by atoms with Gasteiger partial charge in [-0.05, 0) is 38.3 Å². The highest BCUT2D eigenvalue weighted by Crippen LogP contribution is 2.46. The summed E-state index contributed by atoms with van der Waals surface area (Å²) in [7, 11) is 0. The van der Waals surface area contributed by atoms with Crippen LogP contribution in [0.25, 0.3) is 0 Å². The van der Waals surface area contributed by atoms with E-state index in [0.717, 1.165) is 17.7 Å². The topological polar surface area (TPSA) is 132 Å². The van der Waals surface area contributed by atoms with Crippen LogP contribution in [0.5, 0.6) is 11.5 Å². The predicted octanol–water partition coefficient (Wildman–Crippen LogP) is 2.16. The number of benzene rings is 1. The fourth-order valence-corrected chi connectivity index (χ4v) is 3.53. The zero-order valence-corrected chi connectivity index (χ0v) is 16.2. The van der Waals surface area contributed by atoms with Crippen LogP contribution in [0.3, 0.4) is 0 Å². The van der Waals surface area contributed by atoms with Crippen molar-refractivity contribution in [1.82, 2.24) is 0 Å². The molecule has 7 heteroatoms. The van der Waals surface area contributed by atoms with Gasteiger partial charge in [0.05, 0.1) is 17.2 Å². The lowest BCUT2D eigenvalue weighted by molar-refractivity contribution is -0.133. The van der Waals surface area contributed by atoms with Gasteiger partial charge >= 0.3 is 0 Å². The van der Waals surface area contributed by atoms with E-state index < -0.39 is 58.3 Å². The minimum atomic E-state index is -2.08. The van der Waals surface area contributed by atoms with Crippen molar-refractivity contribution in [1.29, 1.82) is 0 Å². The number of fused-ring (bicyclic) bond motifs is 1. The molecule has 1 aromatic rings. The summed E-state index contributed by atoms with van der Waals surface area (Å²) < 4.78 is 0. The summed E-state index contributed by atoms with van der Waals surface area (Å²) in [6, 6.07) is 2.17. The fourth-order valence-electron chi connectivity index (χ4n) is 3.53. The molecular weight excluding hydrogens is 364 g/mol. The van der Waals surface area contributed by atoms with Gasteiger partial charge in [0.15, 0.2) is 11.6 Å². The van der Waals surface area contributed by atoms with E-state index in [4.69, 9.17) is 0 Å². The average Bonchev–Trinajstić information content (AvgIpc) is 2.64. The lowest BCUT2D eigenvalue weighted by Crippen LogP contribution is -2.53. The summed E-state index contributed by atoms with van der Waals surface area (Å²) in [5.41, 5.74) is -2.00. The molecule has 0 spiro atoms. The van der Waals surface area contributed by atoms with E-state index in [1.807, 2.05) is 0 Å². The zero-order chi connectivity index (χ0) is 21.2. The van der Waals surface area contributed by atoms with E-state index in [-0.39, 0.29) is 25.0 Å². The molecule has 0 bridgehead atoms. The number of carbonyl (C=O) groups excluding carboxylic acids is 3. The summed E-state index contributed by atoms with van der Waals surface area (Å²) >= 11 is 0. The van der Waals surface area contributed by atoms with E-state index in [1.165, 1.54) is 0 Å². The van der Waals surface area contributed by atoms with Gasteiger partial charge in [-0.2, -0.15) is 0 Å². The predicted molar refractivity (Wildman–Crippen MR) is 101 cm³/mol. The van der Waals surface area contributed by atoms with Crippen molar-refractivity contribution in [2.75, 3.05) is 6.61 Å². The molecule has 0 heterocycles. The second kappa shape index (κ2) is 8.24. The van der Waals surface area contributed by atoms with Gasteiger partial charge in [-0.1, -0.05) is 18.6 Å². The van der Waals surface area contributed by atoms with E-state index >= 15 is 0 Å². The normalized spacial score (nSPS) is 21.0. The number of hydrogen-bond acceptors (Lipinski definition) is 7. The smallest absolute Gasteiger partial charge is 0.184 e. The molecule has 1 aromatic carbocycles. The van der Waals surface area contributed by atoms with Crippen LogP contribution in [0, 0.1) is 11.3 Å². The van der Waals surface area contributed by atoms with Crippen molar-refractivity contribution in [3.05, 3.63) is 34.9 Å². The van der Waals surface area contributed by atoms with Gasteiger partial charge in [-0.3, -0.25) is 14.4 Å². The van der Waals surface area contributed by atoms with Crippen LogP contribution >= 0.6 is 0 Å². The first-order valence-corrected chi connectivity index (χ1v) is 9.14. The minimum Gasteiger partial charge on any atom is -0.507 e. The quantitative estimate of drug-likeness (QED) is 0.319. The Hall–Kier alpha value is -2.51. The van der Waals surface area contributed by atoms with E-state index in [0.29, 0.717) is 0 Å². The number of aliphatic hydroxyl groups excluding tert-OH is 2. The molecule has 0 amide bonds. The third kappa shape index (κ3) is 3.72. The molecule has 0 fully saturated rings. The number of hydrogen-bond donors (Lipinski definition) is 4. The molecule has 0 radical (unpaired) electrons. The third-order valence-corrected chi connectivity index (χ3v) is 5.17. The van der Waals surface area contributed by atoms with Crippen molar-refractivity contribution in [2.24, 2.45) is 11.3 Å². The molecule has 1 aliphatic carbocycles. The van der Waals surface area contributed by atoms with Crippen molar-refractivity contribution >= 4 is 17.3 Å². The molecule has 28 heavy (non-hydrogen) atoms. The molecular formula is C21H26O7. The second-order valence-corrected chi connectivity index (χ2v) is 7.70. The van der Waals surface area contributed by atoms with Crippen molar-refractivity contribution in [2.45, 2.75) is 46.1 Å². The number of phenolic OH excluding ortho intramolecular Hbond substituents is 2. The Kier molecular flexibility index (Phi) is 6.41. The lowest BCUT2D eigenvalue weighted by atomic mass is 9.62.